The highest BCUT2D eigenvalue weighted by Gasteiger charge is 2.18. The van der Waals surface area contributed by atoms with E-state index in [-0.39, 0.29) is 0 Å². The zero-order chi connectivity index (χ0) is 34.1. The van der Waals surface area contributed by atoms with Gasteiger partial charge in [0.25, 0.3) is 0 Å². The molecule has 3 aromatic heterocycles. The van der Waals surface area contributed by atoms with Crippen LogP contribution in [0.3, 0.4) is 0 Å². The molecule has 3 heterocycles. The second-order valence-electron chi connectivity index (χ2n) is 12.9. The molecule has 0 aliphatic carbocycles. The number of aromatic nitrogens is 3. The average molecular weight is 672 g/mol. The molecule has 0 aliphatic rings. The van der Waals surface area contributed by atoms with Gasteiger partial charge in [-0.1, -0.05) is 116 Å². The Morgan fingerprint density at radius 2 is 1.22 bits per heavy atom. The van der Waals surface area contributed by atoms with Gasteiger partial charge < -0.3 is 4.42 Å². The molecular formula is C46H29N3OS. The maximum Gasteiger partial charge on any atom is 0.164 e. The third-order valence-corrected chi connectivity index (χ3v) is 11.0. The van der Waals surface area contributed by atoms with Gasteiger partial charge in [0.15, 0.2) is 17.5 Å². The van der Waals surface area contributed by atoms with E-state index in [1.807, 2.05) is 72.0 Å². The van der Waals surface area contributed by atoms with Crippen LogP contribution in [-0.4, -0.2) is 15.0 Å². The lowest BCUT2D eigenvalue weighted by Crippen LogP contribution is -2.00. The van der Waals surface area contributed by atoms with Crippen LogP contribution in [0.5, 0.6) is 0 Å². The number of fused-ring (bicyclic) bond motifs is 7. The van der Waals surface area contributed by atoms with E-state index in [0.29, 0.717) is 17.5 Å². The minimum absolute atomic E-state index is 0.593. The first-order valence-electron chi connectivity index (χ1n) is 17.0. The van der Waals surface area contributed by atoms with Crippen LogP contribution in [0.25, 0.3) is 104 Å². The molecule has 0 saturated carbocycles. The fraction of sp³-hybridized carbons (Fsp3) is 0.0217. The molecule has 10 aromatic rings. The van der Waals surface area contributed by atoms with E-state index in [9.17, 15) is 0 Å². The van der Waals surface area contributed by atoms with Crippen LogP contribution < -0.4 is 0 Å². The Kier molecular flexibility index (Phi) is 6.70. The summed E-state index contributed by atoms with van der Waals surface area (Å²) in [6.07, 6.45) is 1.96. The number of aryl methyl sites for hydroxylation is 1. The van der Waals surface area contributed by atoms with Crippen molar-refractivity contribution in [2.45, 2.75) is 6.92 Å². The second-order valence-corrected chi connectivity index (χ2v) is 13.9. The fourth-order valence-corrected chi connectivity index (χ4v) is 8.59. The molecule has 0 atom stereocenters. The summed E-state index contributed by atoms with van der Waals surface area (Å²) in [5.74, 6) is 1.83. The molecule has 0 bridgehead atoms. The lowest BCUT2D eigenvalue weighted by Gasteiger charge is -2.15. The molecule has 0 N–H and O–H groups in total. The topological polar surface area (TPSA) is 51.8 Å². The van der Waals surface area contributed by atoms with Crippen LogP contribution in [0, 0.1) is 6.92 Å². The molecule has 0 saturated heterocycles. The Hall–Kier alpha value is -6.43. The molecule has 7 aromatic carbocycles. The Balaban J connectivity index is 1.14. The van der Waals surface area contributed by atoms with E-state index in [1.54, 1.807) is 0 Å². The van der Waals surface area contributed by atoms with Gasteiger partial charge >= 0.3 is 0 Å². The van der Waals surface area contributed by atoms with Crippen LogP contribution >= 0.6 is 11.3 Å². The Bertz CT molecular complexity index is 3010. The van der Waals surface area contributed by atoms with Crippen LogP contribution in [-0.2, 0) is 0 Å². The van der Waals surface area contributed by atoms with Crippen molar-refractivity contribution in [3.05, 3.63) is 157 Å². The van der Waals surface area contributed by atoms with Gasteiger partial charge in [0.05, 0.1) is 0 Å². The van der Waals surface area contributed by atoms with Gasteiger partial charge in [-0.3, -0.25) is 0 Å². The van der Waals surface area contributed by atoms with Crippen molar-refractivity contribution in [1.29, 1.82) is 0 Å². The third-order valence-electron chi connectivity index (χ3n) is 9.91. The Morgan fingerprint density at radius 3 is 2.02 bits per heavy atom. The lowest BCUT2D eigenvalue weighted by atomic mass is 9.88. The molecule has 5 heteroatoms. The summed E-state index contributed by atoms with van der Waals surface area (Å²) < 4.78 is 8.84. The summed E-state index contributed by atoms with van der Waals surface area (Å²) in [7, 11) is 0. The van der Waals surface area contributed by atoms with Crippen molar-refractivity contribution in [2.24, 2.45) is 0 Å². The van der Waals surface area contributed by atoms with Gasteiger partial charge in [-0.05, 0) is 76.3 Å². The minimum Gasteiger partial charge on any atom is -0.456 e. The first-order chi connectivity index (χ1) is 25.1. The number of thiophene rings is 1. The maximum atomic E-state index is 6.23. The molecule has 51 heavy (non-hydrogen) atoms. The first-order valence-corrected chi connectivity index (χ1v) is 17.8. The predicted molar refractivity (Wildman–Crippen MR) is 214 cm³/mol. The zero-order valence-corrected chi connectivity index (χ0v) is 28.5. The SMILES string of the molecule is C=Cc1ccc2cc(-c3nc(-c4ccccc4)nc(-c4ccc5c(c4)oc4ccccc45)n3)ccc2c1-c1ccc2sc3ccccc3c2c1C. The highest BCUT2D eigenvalue weighted by molar-refractivity contribution is 7.25. The summed E-state index contributed by atoms with van der Waals surface area (Å²) in [5.41, 5.74) is 9.16. The third kappa shape index (κ3) is 4.78. The standard InChI is InChI=1S/C46H29N3OS/c1-3-28-17-18-30-25-31(19-21-34(30)43(28)33-23-24-41-42(27(33)2)37-14-8-10-16-40(37)51-41)45-47-44(29-11-5-4-6-12-29)48-46(49-45)32-20-22-36-35-13-7-9-15-38(35)50-39(36)26-32/h3-26H,1H2,2H3. The number of hydrogen-bond donors (Lipinski definition) is 0. The van der Waals surface area contributed by atoms with Crippen LogP contribution in [0.1, 0.15) is 11.1 Å². The summed E-state index contributed by atoms with van der Waals surface area (Å²) in [5, 5.41) is 7.05. The first kappa shape index (κ1) is 29.5. The van der Waals surface area contributed by atoms with Gasteiger partial charge in [0.1, 0.15) is 11.2 Å². The summed E-state index contributed by atoms with van der Waals surface area (Å²) >= 11 is 1.85. The molecule has 0 fully saturated rings. The maximum absolute atomic E-state index is 6.23. The average Bonchev–Trinajstić information content (AvgIpc) is 3.76. The highest BCUT2D eigenvalue weighted by Crippen LogP contribution is 2.43. The van der Waals surface area contributed by atoms with Gasteiger partial charge in [0, 0.05) is 47.6 Å². The number of nitrogens with zero attached hydrogens (tertiary/aromatic N) is 3. The summed E-state index contributed by atoms with van der Waals surface area (Å²) in [6.45, 7) is 6.44. The van der Waals surface area contributed by atoms with Crippen molar-refractivity contribution in [3.63, 3.8) is 0 Å². The molecule has 0 amide bonds. The van der Waals surface area contributed by atoms with Crippen LogP contribution in [0.4, 0.5) is 0 Å². The van der Waals surface area contributed by atoms with E-state index in [2.05, 4.69) is 98.4 Å². The van der Waals surface area contributed by atoms with Crippen molar-refractivity contribution < 1.29 is 4.42 Å². The summed E-state index contributed by atoms with van der Waals surface area (Å²) in [4.78, 5) is 15.1. The zero-order valence-electron chi connectivity index (χ0n) is 27.7. The van der Waals surface area contributed by atoms with Crippen LogP contribution in [0.15, 0.2) is 151 Å². The Labute approximate surface area is 298 Å². The van der Waals surface area contributed by atoms with E-state index < -0.39 is 0 Å². The highest BCUT2D eigenvalue weighted by atomic mass is 32.1. The largest absolute Gasteiger partial charge is 0.456 e. The summed E-state index contributed by atoms with van der Waals surface area (Å²) in [6, 6.07) is 48.5. The molecule has 0 aliphatic heterocycles. The minimum atomic E-state index is 0.593. The van der Waals surface area contributed by atoms with Gasteiger partial charge in [-0.15, -0.1) is 11.3 Å². The molecule has 0 radical (unpaired) electrons. The molecule has 0 spiro atoms. The molecule has 0 unspecified atom stereocenters. The monoisotopic (exact) mass is 671 g/mol. The van der Waals surface area contributed by atoms with Crippen molar-refractivity contribution in [2.75, 3.05) is 0 Å². The van der Waals surface area contributed by atoms with Crippen LogP contribution in [0.2, 0.25) is 0 Å². The molecule has 4 nitrogen and oxygen atoms in total. The Morgan fingerprint density at radius 1 is 0.549 bits per heavy atom. The quantitative estimate of drug-likeness (QED) is 0.183. The van der Waals surface area contributed by atoms with E-state index >= 15 is 0 Å². The van der Waals surface area contributed by atoms with E-state index in [4.69, 9.17) is 19.4 Å². The van der Waals surface area contributed by atoms with Gasteiger partial charge in [-0.2, -0.15) is 0 Å². The number of para-hydroxylation sites is 1. The molecule has 240 valence electrons. The van der Waals surface area contributed by atoms with E-state index in [0.717, 1.165) is 55.0 Å². The fourth-order valence-electron chi connectivity index (χ4n) is 7.43. The smallest absolute Gasteiger partial charge is 0.164 e. The van der Waals surface area contributed by atoms with Gasteiger partial charge in [-0.25, -0.2) is 15.0 Å². The predicted octanol–water partition coefficient (Wildman–Crippen LogP) is 12.9. The van der Waals surface area contributed by atoms with Crippen molar-refractivity contribution in [1.82, 2.24) is 15.0 Å². The molecule has 10 rings (SSSR count). The molecular weight excluding hydrogens is 643 g/mol. The van der Waals surface area contributed by atoms with Crippen molar-refractivity contribution >= 4 is 70.3 Å². The number of hydrogen-bond acceptors (Lipinski definition) is 5. The number of furan rings is 1. The normalized spacial score (nSPS) is 11.7. The lowest BCUT2D eigenvalue weighted by molar-refractivity contribution is 0.669. The van der Waals surface area contributed by atoms with E-state index in [1.165, 1.54) is 36.9 Å². The van der Waals surface area contributed by atoms with Gasteiger partial charge in [0.2, 0.25) is 0 Å². The number of benzene rings is 7. The number of rotatable bonds is 5. The van der Waals surface area contributed by atoms with Crippen molar-refractivity contribution in [3.8, 4) is 45.3 Å². The second kappa shape index (κ2) is 11.6.